The number of benzene rings is 2. The quantitative estimate of drug-likeness (QED) is 0.147. The lowest BCUT2D eigenvalue weighted by atomic mass is 10.3. The third-order valence-corrected chi connectivity index (χ3v) is 6.91. The second-order valence-electron chi connectivity index (χ2n) is 7.55. The molecule has 0 saturated heterocycles. The van der Waals surface area contributed by atoms with Gasteiger partial charge in [0.2, 0.25) is 0 Å². The summed E-state index contributed by atoms with van der Waals surface area (Å²) < 4.78 is 27.7. The van der Waals surface area contributed by atoms with E-state index in [4.69, 9.17) is 69.0 Å². The lowest BCUT2D eigenvalue weighted by Crippen LogP contribution is -1.99. The Morgan fingerprint density at radius 1 is 0.821 bits per heavy atom. The van der Waals surface area contributed by atoms with Gasteiger partial charge in [0.05, 0.1) is 42.4 Å². The predicted octanol–water partition coefficient (Wildman–Crippen LogP) is 8.53. The first-order chi connectivity index (χ1) is 18.6. The van der Waals surface area contributed by atoms with E-state index in [1.807, 2.05) is 0 Å². The van der Waals surface area contributed by atoms with E-state index >= 15 is 0 Å². The van der Waals surface area contributed by atoms with Crippen molar-refractivity contribution >= 4 is 97.9 Å². The third kappa shape index (κ3) is 6.36. The fourth-order valence-electron chi connectivity index (χ4n) is 3.11. The number of fused-ring (bicyclic) bond motifs is 1. The van der Waals surface area contributed by atoms with E-state index in [9.17, 15) is 8.78 Å². The minimum Gasteiger partial charge on any atom is -0.384 e. The molecule has 5 aromatic rings. The molecule has 3 heterocycles. The van der Waals surface area contributed by atoms with Gasteiger partial charge in [-0.25, -0.2) is 18.7 Å². The summed E-state index contributed by atoms with van der Waals surface area (Å²) in [6, 6.07) is 13.8. The first-order valence-corrected chi connectivity index (χ1v) is 12.5. The molecule has 0 atom stereocenters. The molecule has 0 unspecified atom stereocenters. The van der Waals surface area contributed by atoms with Gasteiger partial charge in [-0.2, -0.15) is 10.4 Å². The van der Waals surface area contributed by atoms with Crippen molar-refractivity contribution in [2.24, 2.45) is 0 Å². The van der Waals surface area contributed by atoms with E-state index in [1.165, 1.54) is 6.07 Å². The number of pyridine rings is 2. The van der Waals surface area contributed by atoms with Crippen molar-refractivity contribution in [2.75, 3.05) is 16.4 Å². The van der Waals surface area contributed by atoms with Crippen molar-refractivity contribution in [3.8, 4) is 6.07 Å². The molecule has 2 aromatic carbocycles. The van der Waals surface area contributed by atoms with Gasteiger partial charge in [0, 0.05) is 0 Å². The fraction of sp³-hybridized carbons (Fsp3) is 0. The second kappa shape index (κ2) is 12.1. The van der Waals surface area contributed by atoms with Crippen LogP contribution in [-0.2, 0) is 0 Å². The molecular weight excluding hydrogens is 616 g/mol. The number of nitrogen functional groups attached to an aromatic ring is 1. The molecule has 0 amide bonds. The number of nitriles is 1. The number of H-pyrrole nitrogens is 1. The Labute approximate surface area is 244 Å². The highest BCUT2D eigenvalue weighted by Gasteiger charge is 2.14. The molecule has 15 heteroatoms. The number of aromatic nitrogens is 4. The van der Waals surface area contributed by atoms with Gasteiger partial charge in [0.1, 0.15) is 17.0 Å². The van der Waals surface area contributed by atoms with Crippen molar-refractivity contribution in [1.29, 1.82) is 5.26 Å². The zero-order chi connectivity index (χ0) is 28.3. The van der Waals surface area contributed by atoms with Crippen LogP contribution in [0.2, 0.25) is 25.2 Å². The number of nitrogens with zero attached hydrogens (tertiary/aromatic N) is 4. The van der Waals surface area contributed by atoms with E-state index in [2.05, 4.69) is 30.8 Å². The average molecular weight is 629 g/mol. The minimum absolute atomic E-state index is 0.00633. The van der Waals surface area contributed by atoms with E-state index in [0.29, 0.717) is 32.5 Å². The van der Waals surface area contributed by atoms with Crippen LogP contribution in [0.4, 0.5) is 37.6 Å². The summed E-state index contributed by atoms with van der Waals surface area (Å²) in [7, 11) is 0. The van der Waals surface area contributed by atoms with Gasteiger partial charge < -0.3 is 16.4 Å². The number of hydrogen-bond acceptors (Lipinski definition) is 7. The van der Waals surface area contributed by atoms with Crippen LogP contribution < -0.4 is 16.4 Å². The molecule has 0 radical (unpaired) electrons. The number of halogens is 7. The first kappa shape index (κ1) is 28.4. The number of nitrogens with two attached hydrogens (primary N) is 1. The van der Waals surface area contributed by atoms with Gasteiger partial charge in [-0.1, -0.05) is 70.1 Å². The molecule has 5 N–H and O–H groups in total. The van der Waals surface area contributed by atoms with Crippen LogP contribution in [0.25, 0.3) is 11.0 Å². The zero-order valence-electron chi connectivity index (χ0n) is 19.1. The number of hydrogen-bond donors (Lipinski definition) is 4. The van der Waals surface area contributed by atoms with E-state index in [-0.39, 0.29) is 38.2 Å². The van der Waals surface area contributed by atoms with Crippen molar-refractivity contribution in [1.82, 2.24) is 20.2 Å². The Morgan fingerprint density at radius 2 is 1.36 bits per heavy atom. The van der Waals surface area contributed by atoms with Crippen molar-refractivity contribution in [3.05, 3.63) is 91.0 Å². The maximum atomic E-state index is 14.0. The van der Waals surface area contributed by atoms with Crippen molar-refractivity contribution in [2.45, 2.75) is 0 Å². The van der Waals surface area contributed by atoms with Crippen LogP contribution in [0.3, 0.4) is 0 Å². The largest absolute Gasteiger partial charge is 0.384 e. The van der Waals surface area contributed by atoms with E-state index in [1.54, 1.807) is 42.5 Å². The number of aromatic amines is 1. The summed E-state index contributed by atoms with van der Waals surface area (Å²) in [6.07, 6.45) is 0. The average Bonchev–Trinajstić information content (AvgIpc) is 3.26. The smallest absolute Gasteiger partial charge is 0.185 e. The van der Waals surface area contributed by atoms with Crippen LogP contribution >= 0.6 is 58.0 Å². The van der Waals surface area contributed by atoms with Gasteiger partial charge in [-0.05, 0) is 36.4 Å². The molecule has 39 heavy (non-hydrogen) atoms. The molecule has 0 aliphatic carbocycles. The molecule has 0 bridgehead atoms. The molecule has 0 fully saturated rings. The van der Waals surface area contributed by atoms with E-state index in [0.717, 1.165) is 6.07 Å². The monoisotopic (exact) mass is 626 g/mol. The summed E-state index contributed by atoms with van der Waals surface area (Å²) in [6.45, 7) is 0. The van der Waals surface area contributed by atoms with Crippen molar-refractivity contribution < 1.29 is 8.78 Å². The maximum Gasteiger partial charge on any atom is 0.185 e. The van der Waals surface area contributed by atoms with Gasteiger partial charge in [0.15, 0.2) is 28.9 Å². The Kier molecular flexibility index (Phi) is 8.80. The van der Waals surface area contributed by atoms with Crippen molar-refractivity contribution in [3.63, 3.8) is 0 Å². The highest BCUT2D eigenvalue weighted by atomic mass is 35.5. The van der Waals surface area contributed by atoms with Gasteiger partial charge in [0.25, 0.3) is 0 Å². The summed E-state index contributed by atoms with van der Waals surface area (Å²) in [5.41, 5.74) is 6.72. The van der Waals surface area contributed by atoms with Crippen LogP contribution in [-0.4, -0.2) is 20.2 Å². The predicted molar refractivity (Wildman–Crippen MR) is 152 cm³/mol. The third-order valence-electron chi connectivity index (χ3n) is 4.99. The maximum absolute atomic E-state index is 14.0. The molecule has 3 aromatic heterocycles. The molecular formula is C24H13Cl5F2N8. The van der Waals surface area contributed by atoms with Crippen LogP contribution in [0.15, 0.2) is 48.5 Å². The molecule has 0 aliphatic rings. The number of nitrogens with one attached hydrogen (secondary N) is 3. The van der Waals surface area contributed by atoms with Crippen LogP contribution in [0, 0.1) is 23.0 Å². The molecule has 0 spiro atoms. The minimum atomic E-state index is -0.711. The Morgan fingerprint density at radius 3 is 1.92 bits per heavy atom. The molecule has 198 valence electrons. The SMILES string of the molecule is N#Cc1cc(F)c(Nc2cccc(Cl)c2Cl)nc1Cl.Nc1[nH]nc2nc(Nc3cccc(Cl)c3Cl)c(F)cc12. The summed E-state index contributed by atoms with van der Waals surface area (Å²) in [5, 5.41) is 22.1. The molecule has 0 saturated carbocycles. The first-order valence-electron chi connectivity index (χ1n) is 10.6. The molecule has 0 aliphatic heterocycles. The lowest BCUT2D eigenvalue weighted by Gasteiger charge is -2.10. The number of anilines is 5. The Balaban J connectivity index is 0.000000181. The Hall–Kier alpha value is -3.59. The molecule has 8 nitrogen and oxygen atoms in total. The zero-order valence-corrected chi connectivity index (χ0v) is 22.9. The van der Waals surface area contributed by atoms with Gasteiger partial charge in [-0.3, -0.25) is 5.10 Å². The summed E-state index contributed by atoms with van der Waals surface area (Å²) >= 11 is 29.5. The fourth-order valence-corrected chi connectivity index (χ4v) is 3.99. The van der Waals surface area contributed by atoms with Gasteiger partial charge in [-0.15, -0.1) is 0 Å². The topological polar surface area (TPSA) is 128 Å². The van der Waals surface area contributed by atoms with Crippen LogP contribution in [0.5, 0.6) is 0 Å². The van der Waals surface area contributed by atoms with E-state index < -0.39 is 11.6 Å². The Bertz CT molecular complexity index is 1740. The highest BCUT2D eigenvalue weighted by Crippen LogP contribution is 2.34. The van der Waals surface area contributed by atoms with Crippen LogP contribution in [0.1, 0.15) is 5.56 Å². The standard InChI is InChI=1S/C12H5Cl3FN3.C12H8Cl2FN5/c13-7-2-1-3-9(10(7)14)18-12-8(16)4-6(5-17)11(15)19-12;13-6-2-1-3-8(9(6)14)17-12-7(15)4-5-10(16)19-20-11(5)18-12/h1-4H,(H,18,19);1-4H,(H4,16,17,18,19,20). The number of rotatable bonds is 4. The molecule has 5 rings (SSSR count). The normalized spacial score (nSPS) is 10.5. The highest BCUT2D eigenvalue weighted by molar-refractivity contribution is 6.44. The summed E-state index contributed by atoms with van der Waals surface area (Å²) in [4.78, 5) is 7.82. The lowest BCUT2D eigenvalue weighted by molar-refractivity contribution is 0.626. The second-order valence-corrected chi connectivity index (χ2v) is 9.48. The summed E-state index contributed by atoms with van der Waals surface area (Å²) in [5.74, 6) is -1.15. The van der Waals surface area contributed by atoms with Gasteiger partial charge >= 0.3 is 0 Å².